The monoisotopic (exact) mass is 530 g/mol. The van der Waals surface area contributed by atoms with Crippen molar-refractivity contribution in [2.45, 2.75) is 57.7 Å². The van der Waals surface area contributed by atoms with E-state index in [1.165, 1.54) is 18.6 Å². The molecule has 0 fully saturated rings. The molecule has 1 unspecified atom stereocenters. The zero-order valence-electron chi connectivity index (χ0n) is 20.4. The number of ether oxygens (including phenoxy) is 2. The third-order valence-corrected chi connectivity index (χ3v) is 4.93. The Balaban J connectivity index is 0.000000982. The van der Waals surface area contributed by atoms with Crippen LogP contribution in [0, 0.1) is 0 Å². The van der Waals surface area contributed by atoms with Gasteiger partial charge in [0.2, 0.25) is 12.9 Å². The van der Waals surface area contributed by atoms with Crippen LogP contribution < -0.4 is 21.8 Å². The van der Waals surface area contributed by atoms with Crippen LogP contribution in [0.4, 0.5) is 13.2 Å². The van der Waals surface area contributed by atoms with E-state index in [4.69, 9.17) is 32.5 Å². The minimum Gasteiger partial charge on any atom is -0.475 e. The van der Waals surface area contributed by atoms with Gasteiger partial charge in [-0.2, -0.15) is 13.2 Å². The van der Waals surface area contributed by atoms with Crippen LogP contribution in [0.15, 0.2) is 17.7 Å². The average molecular weight is 531 g/mol. The summed E-state index contributed by atoms with van der Waals surface area (Å²) >= 11 is 6.22. The average Bonchev–Trinajstić information content (AvgIpc) is 2.79. The van der Waals surface area contributed by atoms with E-state index in [1.54, 1.807) is 0 Å². The highest BCUT2D eigenvalue weighted by Crippen LogP contribution is 2.42. The molecule has 1 heterocycles. The summed E-state index contributed by atoms with van der Waals surface area (Å²) in [5.74, 6) is 5.71. The molecule has 9 nitrogen and oxygen atoms in total. The normalized spacial score (nSPS) is 14.9. The van der Waals surface area contributed by atoms with Crippen LogP contribution in [0.1, 0.15) is 51.2 Å². The van der Waals surface area contributed by atoms with Gasteiger partial charge in [0.25, 0.3) is 0 Å². The molecular formula is C22H36ClF3N3O6+. The van der Waals surface area contributed by atoms with Crippen LogP contribution in [-0.4, -0.2) is 55.6 Å². The molecule has 202 valence electrons. The van der Waals surface area contributed by atoms with Gasteiger partial charge < -0.3 is 19.9 Å². The number of carbonyl (C=O) groups excluding carboxylic acids is 1. The number of quaternary nitrogens is 1. The molecule has 0 spiro atoms. The van der Waals surface area contributed by atoms with Crippen LogP contribution in [0.25, 0.3) is 6.08 Å². The summed E-state index contributed by atoms with van der Waals surface area (Å²) in [6.45, 7) is 6.34. The Morgan fingerprint density at radius 3 is 2.34 bits per heavy atom. The highest BCUT2D eigenvalue weighted by atomic mass is 35.5. The molecule has 0 aliphatic carbocycles. The Labute approximate surface area is 208 Å². The summed E-state index contributed by atoms with van der Waals surface area (Å²) in [7, 11) is 1.94. The summed E-state index contributed by atoms with van der Waals surface area (Å²) in [5.41, 5.74) is -0.231. The molecule has 1 aromatic rings. The van der Waals surface area contributed by atoms with E-state index >= 15 is 0 Å². The van der Waals surface area contributed by atoms with E-state index in [0.29, 0.717) is 17.2 Å². The molecule has 35 heavy (non-hydrogen) atoms. The molecule has 8 N–H and O–H groups in total. The molecule has 1 atom stereocenters. The third-order valence-electron chi connectivity index (χ3n) is 4.62. The Kier molecular flexibility index (Phi) is 15.1. The molecule has 1 aliphatic rings. The fourth-order valence-corrected chi connectivity index (χ4v) is 3.42. The Morgan fingerprint density at radius 1 is 1.23 bits per heavy atom. The molecule has 2 rings (SSSR count). The Morgan fingerprint density at radius 2 is 1.86 bits per heavy atom. The summed E-state index contributed by atoms with van der Waals surface area (Å²) in [6.07, 6.45) is -2.96. The van der Waals surface area contributed by atoms with Crippen LogP contribution in [0.3, 0.4) is 0 Å². The molecule has 1 aliphatic heterocycles. The number of benzene rings is 1. The van der Waals surface area contributed by atoms with Gasteiger partial charge in [-0.1, -0.05) is 32.4 Å². The first kappa shape index (κ1) is 33.1. The first-order valence-corrected chi connectivity index (χ1v) is 11.1. The summed E-state index contributed by atoms with van der Waals surface area (Å²) in [4.78, 5) is 15.9. The largest absolute Gasteiger partial charge is 0.475 e. The van der Waals surface area contributed by atoms with Gasteiger partial charge in [-0.25, -0.2) is 21.8 Å². The number of fused-ring (bicyclic) bond motifs is 1. The SMILES string of the molecule is CC(C)(C)c1cc2c(cc1Cl)C=C(C(=O)OCON)C(C(F)(F)F)O2.CNCCCCCO.[NH3+]O. The first-order valence-electron chi connectivity index (χ1n) is 10.7. The molecule has 0 radical (unpaired) electrons. The lowest BCUT2D eigenvalue weighted by Crippen LogP contribution is -2.42. The third kappa shape index (κ3) is 11.1. The number of nitrogens with two attached hydrogens (primary N) is 1. The highest BCUT2D eigenvalue weighted by molar-refractivity contribution is 6.31. The van der Waals surface area contributed by atoms with Gasteiger partial charge in [-0.15, -0.1) is 0 Å². The number of aliphatic hydroxyl groups is 1. The van der Waals surface area contributed by atoms with Gasteiger partial charge in [0.05, 0.1) is 5.57 Å². The molecule has 0 aromatic heterocycles. The highest BCUT2D eigenvalue weighted by Gasteiger charge is 2.49. The van der Waals surface area contributed by atoms with Crippen molar-refractivity contribution < 1.29 is 48.5 Å². The molecule has 13 heteroatoms. The quantitative estimate of drug-likeness (QED) is 0.149. The van der Waals surface area contributed by atoms with E-state index in [2.05, 4.69) is 20.8 Å². The van der Waals surface area contributed by atoms with Gasteiger partial charge in [-0.05, 0) is 62.0 Å². The van der Waals surface area contributed by atoms with Crippen molar-refractivity contribution in [2.75, 3.05) is 27.0 Å². The van der Waals surface area contributed by atoms with Crippen molar-refractivity contribution >= 4 is 23.6 Å². The van der Waals surface area contributed by atoms with E-state index < -0.39 is 36.0 Å². The Hall–Kier alpha value is -1.93. The Bertz CT molecular complexity index is 811. The summed E-state index contributed by atoms with van der Waals surface area (Å²) in [6, 6.07) is 2.91. The minimum atomic E-state index is -4.81. The molecule has 0 saturated heterocycles. The minimum absolute atomic E-state index is 0.0109. The van der Waals surface area contributed by atoms with Gasteiger partial charge in [-0.3, -0.25) is 4.84 Å². The van der Waals surface area contributed by atoms with Gasteiger partial charge in [0, 0.05) is 17.2 Å². The standard InChI is InChI=1S/C16H17ClF3NO4.C6H15NO.H4NO/c1-15(2,3)10-6-12-8(5-11(10)17)4-9(14(22)23-7-24-21)13(25-12)16(18,19)20;1-7-5-3-2-4-6-8;1-2/h4-6,13H,7,21H2,1-3H3;7-8H,2-6H2,1H3;2H,1H3/q;;+1. The number of esters is 1. The van der Waals surface area contributed by atoms with Gasteiger partial charge in [0.15, 0.2) is 0 Å². The number of carbonyl (C=O) groups is 1. The van der Waals surface area contributed by atoms with Gasteiger partial charge in [0.1, 0.15) is 5.75 Å². The van der Waals surface area contributed by atoms with Crippen LogP contribution >= 0.6 is 11.6 Å². The number of unbranched alkanes of at least 4 members (excludes halogenated alkanes) is 2. The zero-order chi connectivity index (χ0) is 27.2. The summed E-state index contributed by atoms with van der Waals surface area (Å²) in [5, 5.41) is 18.5. The number of alkyl halides is 3. The number of rotatable bonds is 8. The van der Waals surface area contributed by atoms with Crippen LogP contribution in [-0.2, 0) is 19.8 Å². The van der Waals surface area contributed by atoms with Crippen molar-refractivity contribution in [3.8, 4) is 5.75 Å². The fourth-order valence-electron chi connectivity index (χ4n) is 2.96. The molecule has 0 bridgehead atoms. The number of hydrogen-bond donors (Lipinski definition) is 5. The lowest BCUT2D eigenvalue weighted by molar-refractivity contribution is -0.670. The maximum Gasteiger partial charge on any atom is 0.430 e. The smallest absolute Gasteiger partial charge is 0.430 e. The zero-order valence-corrected chi connectivity index (χ0v) is 21.1. The number of nitrogens with one attached hydrogen (secondary N) is 1. The summed E-state index contributed by atoms with van der Waals surface area (Å²) < 4.78 is 49.6. The maximum absolute atomic E-state index is 13.3. The van der Waals surface area contributed by atoms with Crippen LogP contribution in [0.5, 0.6) is 5.75 Å². The fraction of sp³-hybridized carbons (Fsp3) is 0.591. The predicted octanol–water partition coefficient (Wildman–Crippen LogP) is 2.72. The maximum atomic E-state index is 13.3. The van der Waals surface area contributed by atoms with Crippen LogP contribution in [0.2, 0.25) is 5.02 Å². The van der Waals surface area contributed by atoms with Crippen molar-refractivity contribution in [2.24, 2.45) is 5.90 Å². The van der Waals surface area contributed by atoms with Crippen molar-refractivity contribution in [1.29, 1.82) is 0 Å². The second-order valence-electron chi connectivity index (χ2n) is 8.36. The number of hydrogen-bond acceptors (Lipinski definition) is 8. The molecule has 0 amide bonds. The topological polar surface area (TPSA) is 151 Å². The molecule has 1 aromatic carbocycles. The van der Waals surface area contributed by atoms with E-state index in [9.17, 15) is 18.0 Å². The van der Waals surface area contributed by atoms with E-state index in [-0.39, 0.29) is 11.3 Å². The first-order chi connectivity index (χ1) is 16.4. The lowest BCUT2D eigenvalue weighted by atomic mass is 9.85. The van der Waals surface area contributed by atoms with Gasteiger partial charge >= 0.3 is 12.1 Å². The molecular weight excluding hydrogens is 495 g/mol. The predicted molar refractivity (Wildman–Crippen MR) is 124 cm³/mol. The van der Waals surface area contributed by atoms with Crippen molar-refractivity contribution in [3.63, 3.8) is 0 Å². The number of aliphatic hydroxyl groups excluding tert-OH is 1. The second kappa shape index (κ2) is 15.9. The van der Waals surface area contributed by atoms with Crippen molar-refractivity contribution in [3.05, 3.63) is 33.9 Å². The second-order valence-corrected chi connectivity index (χ2v) is 8.77. The molecule has 0 saturated carbocycles. The lowest BCUT2D eigenvalue weighted by Gasteiger charge is -2.30. The van der Waals surface area contributed by atoms with E-state index in [1.807, 2.05) is 27.8 Å². The number of halogens is 4. The van der Waals surface area contributed by atoms with E-state index in [0.717, 1.165) is 25.5 Å². The van der Waals surface area contributed by atoms with Crippen molar-refractivity contribution in [1.82, 2.24) is 5.32 Å².